The molecule has 0 fully saturated rings. The first-order valence-corrected chi connectivity index (χ1v) is 6.18. The quantitative estimate of drug-likeness (QED) is 0.783. The summed E-state index contributed by atoms with van der Waals surface area (Å²) in [7, 11) is 3.44. The summed E-state index contributed by atoms with van der Waals surface area (Å²) in [5.41, 5.74) is 0.287. The van der Waals surface area contributed by atoms with Gasteiger partial charge in [0.15, 0.2) is 11.4 Å². The first-order valence-electron chi connectivity index (χ1n) is 6.18. The Morgan fingerprint density at radius 2 is 2.21 bits per heavy atom. The highest BCUT2D eigenvalue weighted by molar-refractivity contribution is 5.78. The van der Waals surface area contributed by atoms with Crippen LogP contribution in [0.3, 0.4) is 0 Å². The van der Waals surface area contributed by atoms with Crippen molar-refractivity contribution in [3.8, 4) is 0 Å². The van der Waals surface area contributed by atoms with Gasteiger partial charge in [-0.15, -0.1) is 0 Å². The van der Waals surface area contributed by atoms with Gasteiger partial charge in [0, 0.05) is 12.5 Å². The van der Waals surface area contributed by atoms with Gasteiger partial charge in [-0.25, -0.2) is 4.39 Å². The van der Waals surface area contributed by atoms with Crippen molar-refractivity contribution >= 4 is 11.0 Å². The zero-order valence-electron chi connectivity index (χ0n) is 11.1. The topological polar surface area (TPSA) is 43.6 Å². The number of methoxy groups -OCH3 is 1. The van der Waals surface area contributed by atoms with Crippen LogP contribution in [-0.4, -0.2) is 34.0 Å². The molecule has 2 aromatic rings. The van der Waals surface area contributed by atoms with Crippen molar-refractivity contribution in [2.45, 2.75) is 6.04 Å². The molecule has 0 aliphatic carbocycles. The first-order chi connectivity index (χ1) is 9.26. The molecule has 0 saturated heterocycles. The Kier molecular flexibility index (Phi) is 4.90. The summed E-state index contributed by atoms with van der Waals surface area (Å²) in [6, 6.07) is 6.60. The number of furan rings is 1. The minimum absolute atomic E-state index is 0.108. The molecule has 104 valence electrons. The largest absolute Gasteiger partial charge is 0.456 e. The molecule has 0 saturated carbocycles. The molecule has 1 N–H and O–H groups in total. The maximum absolute atomic E-state index is 13.6. The Morgan fingerprint density at radius 3 is 2.89 bits per heavy atom. The van der Waals surface area contributed by atoms with Crippen LogP contribution in [0, 0.1) is 5.82 Å². The molecule has 1 unspecified atom stereocenters. The maximum atomic E-state index is 13.6. The van der Waals surface area contributed by atoms with Crippen LogP contribution in [0.1, 0.15) is 11.8 Å². The van der Waals surface area contributed by atoms with Crippen LogP contribution in [0.15, 0.2) is 28.7 Å². The lowest BCUT2D eigenvalue weighted by Crippen LogP contribution is -2.22. The van der Waals surface area contributed by atoms with E-state index in [9.17, 15) is 4.39 Å². The molecular weight excluding hydrogens is 249 g/mol. The minimum Gasteiger partial charge on any atom is -0.456 e. The molecule has 1 aromatic heterocycles. The molecule has 0 bridgehead atoms. The highest BCUT2D eigenvalue weighted by Crippen LogP contribution is 2.26. The van der Waals surface area contributed by atoms with Crippen LogP contribution in [0.4, 0.5) is 4.39 Å². The predicted octanol–water partition coefficient (Wildman–Crippen LogP) is 2.50. The summed E-state index contributed by atoms with van der Waals surface area (Å²) in [5.74, 6) is 0.318. The van der Waals surface area contributed by atoms with Crippen molar-refractivity contribution in [2.75, 3.05) is 34.0 Å². The van der Waals surface area contributed by atoms with Gasteiger partial charge in [0.1, 0.15) is 5.76 Å². The van der Waals surface area contributed by atoms with Crippen molar-refractivity contribution in [3.63, 3.8) is 0 Å². The number of ether oxygens (including phenoxy) is 2. The molecule has 2 rings (SSSR count). The monoisotopic (exact) mass is 267 g/mol. The van der Waals surface area contributed by atoms with Crippen LogP contribution in [0.5, 0.6) is 0 Å². The number of rotatable bonds is 7. The first kappa shape index (κ1) is 14.0. The molecule has 0 aliphatic rings. The van der Waals surface area contributed by atoms with Gasteiger partial charge in [0.25, 0.3) is 0 Å². The average Bonchev–Trinajstić information content (AvgIpc) is 2.84. The van der Waals surface area contributed by atoms with E-state index in [4.69, 9.17) is 13.9 Å². The Balaban J connectivity index is 2.10. The smallest absolute Gasteiger partial charge is 0.169 e. The molecule has 1 heterocycles. The summed E-state index contributed by atoms with van der Waals surface area (Å²) in [6.07, 6.45) is 0. The molecule has 1 aromatic carbocycles. The third kappa shape index (κ3) is 3.32. The summed E-state index contributed by atoms with van der Waals surface area (Å²) in [5, 5.41) is 3.85. The van der Waals surface area contributed by atoms with E-state index in [1.165, 1.54) is 6.07 Å². The number of fused-ring (bicyclic) bond motifs is 1. The predicted molar refractivity (Wildman–Crippen MR) is 70.7 cm³/mol. The lowest BCUT2D eigenvalue weighted by molar-refractivity contribution is 0.0568. The highest BCUT2D eigenvalue weighted by Gasteiger charge is 2.16. The van der Waals surface area contributed by atoms with Crippen LogP contribution in [0.2, 0.25) is 0 Å². The van der Waals surface area contributed by atoms with E-state index < -0.39 is 0 Å². The third-order valence-corrected chi connectivity index (χ3v) is 2.92. The summed E-state index contributed by atoms with van der Waals surface area (Å²) in [6.45, 7) is 1.51. The van der Waals surface area contributed by atoms with Gasteiger partial charge in [-0.1, -0.05) is 12.1 Å². The van der Waals surface area contributed by atoms with E-state index >= 15 is 0 Å². The van der Waals surface area contributed by atoms with Crippen LogP contribution >= 0.6 is 0 Å². The maximum Gasteiger partial charge on any atom is 0.169 e. The Morgan fingerprint density at radius 1 is 1.37 bits per heavy atom. The second kappa shape index (κ2) is 6.65. The van der Waals surface area contributed by atoms with Gasteiger partial charge in [-0.05, 0) is 19.2 Å². The normalized spacial score (nSPS) is 13.0. The van der Waals surface area contributed by atoms with Crippen molar-refractivity contribution < 1.29 is 18.3 Å². The van der Waals surface area contributed by atoms with Crippen LogP contribution in [-0.2, 0) is 9.47 Å². The molecule has 0 amide bonds. The number of likely N-dealkylation sites (N-methyl/N-ethyl adjacent to an activating group) is 1. The van der Waals surface area contributed by atoms with E-state index in [1.807, 2.05) is 19.2 Å². The van der Waals surface area contributed by atoms with Crippen molar-refractivity contribution in [1.29, 1.82) is 0 Å². The van der Waals surface area contributed by atoms with Gasteiger partial charge in [-0.3, -0.25) is 0 Å². The molecule has 19 heavy (non-hydrogen) atoms. The second-order valence-corrected chi connectivity index (χ2v) is 4.22. The summed E-state index contributed by atoms with van der Waals surface area (Å²) >= 11 is 0. The lowest BCUT2D eigenvalue weighted by atomic mass is 10.2. The standard InChI is InChI=1S/C14H18FNO3/c1-16-12(9-18-7-6-17-2)13-8-10-4-3-5-11(15)14(10)19-13/h3-5,8,12,16H,6-7,9H2,1-2H3. The Hall–Kier alpha value is -1.43. The van der Waals surface area contributed by atoms with E-state index in [-0.39, 0.29) is 17.4 Å². The molecule has 1 atom stereocenters. The number of hydrogen-bond donors (Lipinski definition) is 1. The number of hydrogen-bond acceptors (Lipinski definition) is 4. The lowest BCUT2D eigenvalue weighted by Gasteiger charge is -2.13. The fourth-order valence-corrected chi connectivity index (χ4v) is 1.87. The Bertz CT molecular complexity index is 526. The fourth-order valence-electron chi connectivity index (χ4n) is 1.87. The van der Waals surface area contributed by atoms with Gasteiger partial charge >= 0.3 is 0 Å². The third-order valence-electron chi connectivity index (χ3n) is 2.92. The van der Waals surface area contributed by atoms with Crippen molar-refractivity contribution in [2.24, 2.45) is 0 Å². The highest BCUT2D eigenvalue weighted by atomic mass is 19.1. The Labute approximate surface area is 111 Å². The average molecular weight is 267 g/mol. The molecule has 5 heteroatoms. The molecule has 0 radical (unpaired) electrons. The molecule has 0 aliphatic heterocycles. The number of nitrogens with one attached hydrogen (secondary N) is 1. The van der Waals surface area contributed by atoms with Crippen molar-refractivity contribution in [3.05, 3.63) is 35.8 Å². The second-order valence-electron chi connectivity index (χ2n) is 4.22. The summed E-state index contributed by atoms with van der Waals surface area (Å²) in [4.78, 5) is 0. The zero-order chi connectivity index (χ0) is 13.7. The zero-order valence-corrected chi connectivity index (χ0v) is 11.1. The SMILES string of the molecule is CNC(COCCOC)c1cc2cccc(F)c2o1. The van der Waals surface area contributed by atoms with Gasteiger partial charge in [-0.2, -0.15) is 0 Å². The fraction of sp³-hybridized carbons (Fsp3) is 0.429. The number of benzene rings is 1. The minimum atomic E-state index is -0.348. The van der Waals surface area contributed by atoms with Gasteiger partial charge in [0.05, 0.1) is 25.9 Å². The molecule has 4 nitrogen and oxygen atoms in total. The van der Waals surface area contributed by atoms with E-state index in [2.05, 4.69) is 5.32 Å². The van der Waals surface area contributed by atoms with Crippen LogP contribution in [0.25, 0.3) is 11.0 Å². The van der Waals surface area contributed by atoms with Gasteiger partial charge in [0.2, 0.25) is 0 Å². The van der Waals surface area contributed by atoms with Crippen molar-refractivity contribution in [1.82, 2.24) is 5.32 Å². The molecular formula is C14H18FNO3. The van der Waals surface area contributed by atoms with Gasteiger partial charge < -0.3 is 19.2 Å². The van der Waals surface area contributed by atoms with Crippen LogP contribution < -0.4 is 5.32 Å². The number of halogens is 1. The van der Waals surface area contributed by atoms with E-state index in [0.29, 0.717) is 25.6 Å². The van der Waals surface area contributed by atoms with E-state index in [0.717, 1.165) is 5.39 Å². The molecule has 0 spiro atoms. The summed E-state index contributed by atoms with van der Waals surface area (Å²) < 4.78 is 29.5. The van der Waals surface area contributed by atoms with E-state index in [1.54, 1.807) is 13.2 Å². The number of para-hydroxylation sites is 1.